The van der Waals surface area contributed by atoms with Crippen LogP contribution in [0.4, 0.5) is 0 Å². The van der Waals surface area contributed by atoms with Crippen molar-refractivity contribution in [2.45, 2.75) is 46.5 Å². The molecule has 1 amide bonds. The number of amides is 1. The average Bonchev–Trinajstić information content (AvgIpc) is 2.27. The summed E-state index contributed by atoms with van der Waals surface area (Å²) < 4.78 is 0. The van der Waals surface area contributed by atoms with Crippen molar-refractivity contribution in [3.63, 3.8) is 0 Å². The summed E-state index contributed by atoms with van der Waals surface area (Å²) in [6.45, 7) is 8.05. The van der Waals surface area contributed by atoms with Crippen LogP contribution in [0, 0.1) is 17.8 Å². The first-order valence-corrected chi connectivity index (χ1v) is 6.42. The van der Waals surface area contributed by atoms with Crippen LogP contribution in [0.15, 0.2) is 0 Å². The Morgan fingerprint density at radius 1 is 1.35 bits per heavy atom. The summed E-state index contributed by atoms with van der Waals surface area (Å²) in [5.41, 5.74) is 0.178. The van der Waals surface area contributed by atoms with Crippen LogP contribution in [-0.2, 0) is 4.79 Å². The number of hydrogen-bond donors (Lipinski definition) is 2. The largest absolute Gasteiger partial charge is 0.354 e. The predicted molar refractivity (Wildman–Crippen MR) is 72.6 cm³/mol. The molecular weight excluding hydrogens is 212 g/mol. The van der Waals surface area contributed by atoms with Crippen LogP contribution < -0.4 is 10.6 Å². The van der Waals surface area contributed by atoms with Crippen molar-refractivity contribution in [2.75, 3.05) is 19.6 Å². The van der Waals surface area contributed by atoms with Crippen molar-refractivity contribution in [1.29, 1.82) is 0 Å². The molecule has 3 nitrogen and oxygen atoms in total. The van der Waals surface area contributed by atoms with Gasteiger partial charge in [0.1, 0.15) is 0 Å². The van der Waals surface area contributed by atoms with E-state index < -0.39 is 0 Å². The molecule has 0 aromatic rings. The number of carbonyl (C=O) groups excluding carboxylic acids is 1. The second kappa shape index (κ2) is 9.07. The fourth-order valence-corrected chi connectivity index (χ4v) is 1.59. The fourth-order valence-electron chi connectivity index (χ4n) is 1.59. The minimum atomic E-state index is 0.0174. The summed E-state index contributed by atoms with van der Waals surface area (Å²) in [7, 11) is 0. The molecular formula is C14H26N2O. The molecule has 0 aromatic heterocycles. The first-order valence-electron chi connectivity index (χ1n) is 6.42. The molecule has 0 radical (unpaired) electrons. The van der Waals surface area contributed by atoms with Gasteiger partial charge in [0.2, 0.25) is 5.91 Å². The number of nitrogens with one attached hydrogen (secondary N) is 2. The lowest BCUT2D eigenvalue weighted by Crippen LogP contribution is -2.39. The highest BCUT2D eigenvalue weighted by Crippen LogP contribution is 2.22. The lowest BCUT2D eigenvalue weighted by molar-refractivity contribution is -0.120. The van der Waals surface area contributed by atoms with Gasteiger partial charge in [-0.05, 0) is 11.8 Å². The number of carbonyl (C=O) groups is 1. The highest BCUT2D eigenvalue weighted by Gasteiger charge is 2.17. The van der Waals surface area contributed by atoms with E-state index >= 15 is 0 Å². The molecule has 98 valence electrons. The Hall–Kier alpha value is -1.01. The molecule has 17 heavy (non-hydrogen) atoms. The van der Waals surface area contributed by atoms with Crippen LogP contribution in [0.25, 0.3) is 0 Å². The minimum absolute atomic E-state index is 0.0174. The van der Waals surface area contributed by atoms with E-state index in [0.29, 0.717) is 13.1 Å². The topological polar surface area (TPSA) is 41.1 Å². The van der Waals surface area contributed by atoms with Crippen LogP contribution in [0.5, 0.6) is 0 Å². The number of hydrogen-bond acceptors (Lipinski definition) is 2. The van der Waals surface area contributed by atoms with Crippen LogP contribution in [0.3, 0.4) is 0 Å². The maximum absolute atomic E-state index is 11.5. The number of terminal acetylenes is 1. The summed E-state index contributed by atoms with van der Waals surface area (Å²) in [6, 6.07) is 0. The molecule has 0 saturated carbocycles. The van der Waals surface area contributed by atoms with Gasteiger partial charge in [0.05, 0.1) is 13.1 Å². The van der Waals surface area contributed by atoms with Gasteiger partial charge in [-0.1, -0.05) is 46.0 Å². The number of unbranched alkanes of at least 4 members (excludes halogenated alkanes) is 2. The molecule has 0 aliphatic rings. The summed E-state index contributed by atoms with van der Waals surface area (Å²) in [4.78, 5) is 11.5. The van der Waals surface area contributed by atoms with Gasteiger partial charge >= 0.3 is 0 Å². The van der Waals surface area contributed by atoms with Gasteiger partial charge in [0, 0.05) is 6.54 Å². The summed E-state index contributed by atoms with van der Waals surface area (Å²) in [5.74, 6) is 2.46. The van der Waals surface area contributed by atoms with Crippen LogP contribution >= 0.6 is 0 Å². The third-order valence-corrected chi connectivity index (χ3v) is 2.73. The Morgan fingerprint density at radius 3 is 2.65 bits per heavy atom. The van der Waals surface area contributed by atoms with Gasteiger partial charge in [0.15, 0.2) is 0 Å². The van der Waals surface area contributed by atoms with Crippen LogP contribution in [0.2, 0.25) is 0 Å². The maximum atomic E-state index is 11.5. The zero-order valence-corrected chi connectivity index (χ0v) is 11.4. The van der Waals surface area contributed by atoms with E-state index in [1.54, 1.807) is 0 Å². The molecule has 3 heteroatoms. The van der Waals surface area contributed by atoms with Crippen molar-refractivity contribution in [3.8, 4) is 12.3 Å². The molecule has 0 aromatic carbocycles. The molecule has 0 atom stereocenters. The predicted octanol–water partition coefficient (Wildman–Crippen LogP) is 1.93. The molecule has 0 fully saturated rings. The smallest absolute Gasteiger partial charge is 0.234 e. The van der Waals surface area contributed by atoms with E-state index in [-0.39, 0.29) is 11.3 Å². The van der Waals surface area contributed by atoms with Gasteiger partial charge in [-0.25, -0.2) is 0 Å². The van der Waals surface area contributed by atoms with E-state index in [1.807, 2.05) is 0 Å². The standard InChI is InChI=1S/C14H26N2O/c1-5-7-8-9-14(3,4)12-16-13(17)11-15-10-6-2/h2,15H,5,7-12H2,1,3-4H3,(H,16,17). The van der Waals surface area contributed by atoms with Gasteiger partial charge in [-0.2, -0.15) is 0 Å². The third-order valence-electron chi connectivity index (χ3n) is 2.73. The zero-order chi connectivity index (χ0) is 13.1. The Bertz CT molecular complexity index is 253. The minimum Gasteiger partial charge on any atom is -0.354 e. The van der Waals surface area contributed by atoms with Gasteiger partial charge in [-0.3, -0.25) is 10.1 Å². The van der Waals surface area contributed by atoms with E-state index in [1.165, 1.54) is 19.3 Å². The molecule has 0 heterocycles. The summed E-state index contributed by atoms with van der Waals surface area (Å²) in [6.07, 6.45) is 9.96. The van der Waals surface area contributed by atoms with Gasteiger partial charge < -0.3 is 5.32 Å². The van der Waals surface area contributed by atoms with Crippen molar-refractivity contribution in [3.05, 3.63) is 0 Å². The molecule has 0 spiro atoms. The highest BCUT2D eigenvalue weighted by molar-refractivity contribution is 5.78. The van der Waals surface area contributed by atoms with Crippen LogP contribution in [0.1, 0.15) is 46.5 Å². The van der Waals surface area contributed by atoms with Crippen molar-refractivity contribution >= 4 is 5.91 Å². The van der Waals surface area contributed by atoms with E-state index in [2.05, 4.69) is 37.3 Å². The highest BCUT2D eigenvalue weighted by atomic mass is 16.1. The normalized spacial score (nSPS) is 10.9. The Morgan fingerprint density at radius 2 is 2.06 bits per heavy atom. The van der Waals surface area contributed by atoms with E-state index in [4.69, 9.17) is 6.42 Å². The van der Waals surface area contributed by atoms with Crippen molar-refractivity contribution in [1.82, 2.24) is 10.6 Å². The molecule has 0 saturated heterocycles. The fraction of sp³-hybridized carbons (Fsp3) is 0.786. The molecule has 0 bridgehead atoms. The second-order valence-corrected chi connectivity index (χ2v) is 5.21. The second-order valence-electron chi connectivity index (χ2n) is 5.21. The molecule has 0 unspecified atom stereocenters. The molecule has 0 aliphatic carbocycles. The lowest BCUT2D eigenvalue weighted by atomic mass is 9.87. The van der Waals surface area contributed by atoms with E-state index in [0.717, 1.165) is 13.0 Å². The van der Waals surface area contributed by atoms with Crippen molar-refractivity contribution < 1.29 is 4.79 Å². The SMILES string of the molecule is C#CCNCC(=O)NCC(C)(C)CCCCC. The van der Waals surface area contributed by atoms with Gasteiger partial charge in [-0.15, -0.1) is 6.42 Å². The first kappa shape index (κ1) is 16.0. The zero-order valence-electron chi connectivity index (χ0n) is 11.4. The Labute approximate surface area is 106 Å². The maximum Gasteiger partial charge on any atom is 0.234 e. The lowest BCUT2D eigenvalue weighted by Gasteiger charge is -2.25. The Kier molecular flexibility index (Phi) is 8.53. The molecule has 0 aliphatic heterocycles. The molecule has 2 N–H and O–H groups in total. The summed E-state index contributed by atoms with van der Waals surface area (Å²) in [5, 5.41) is 5.81. The first-order chi connectivity index (χ1) is 8.02. The quantitative estimate of drug-likeness (QED) is 0.476. The monoisotopic (exact) mass is 238 g/mol. The van der Waals surface area contributed by atoms with E-state index in [9.17, 15) is 4.79 Å². The average molecular weight is 238 g/mol. The Balaban J connectivity index is 3.69. The third kappa shape index (κ3) is 9.89. The summed E-state index contributed by atoms with van der Waals surface area (Å²) >= 11 is 0. The van der Waals surface area contributed by atoms with Crippen molar-refractivity contribution in [2.24, 2.45) is 5.41 Å². The number of rotatable bonds is 9. The van der Waals surface area contributed by atoms with Crippen LogP contribution in [-0.4, -0.2) is 25.5 Å². The molecule has 0 rings (SSSR count). The van der Waals surface area contributed by atoms with Gasteiger partial charge in [0.25, 0.3) is 0 Å².